The molecule has 0 unspecified atom stereocenters. The number of hydrogen-bond donors (Lipinski definition) is 0. The van der Waals surface area contributed by atoms with Crippen LogP contribution >= 0.6 is 0 Å². The number of benzene rings is 1. The lowest BCUT2D eigenvalue weighted by Gasteiger charge is -2.37. The molecule has 1 aromatic carbocycles. The molecule has 0 saturated carbocycles. The summed E-state index contributed by atoms with van der Waals surface area (Å²) in [5.41, 5.74) is 2.89. The fraction of sp³-hybridized carbons (Fsp3) is 0.429. The van der Waals surface area contributed by atoms with Crippen molar-refractivity contribution >= 4 is 17.3 Å². The largest absolute Gasteiger partial charge is 0.493 e. The third kappa shape index (κ3) is 3.26. The smallest absolute Gasteiger partial charge is 0.168 e. The van der Waals surface area contributed by atoms with Crippen molar-refractivity contribution in [3.8, 4) is 5.75 Å². The van der Waals surface area contributed by atoms with Gasteiger partial charge in [-0.15, -0.1) is 0 Å². The van der Waals surface area contributed by atoms with Crippen LogP contribution in [0.15, 0.2) is 36.4 Å². The van der Waals surface area contributed by atoms with E-state index in [0.29, 0.717) is 24.3 Å². The molecule has 1 aromatic heterocycles. The van der Waals surface area contributed by atoms with Gasteiger partial charge in [0.15, 0.2) is 5.78 Å². The minimum atomic E-state index is 0.169. The molecule has 0 radical (unpaired) electrons. The highest BCUT2D eigenvalue weighted by Crippen LogP contribution is 2.32. The second-order valence-corrected chi connectivity index (χ2v) is 6.82. The van der Waals surface area contributed by atoms with E-state index < -0.39 is 0 Å². The number of rotatable bonds is 4. The number of fused-ring (bicyclic) bond motifs is 1. The molecule has 0 spiro atoms. The zero-order valence-corrected chi connectivity index (χ0v) is 15.3. The van der Waals surface area contributed by atoms with Gasteiger partial charge in [-0.05, 0) is 31.9 Å². The van der Waals surface area contributed by atoms with Crippen LogP contribution in [-0.2, 0) is 6.42 Å². The van der Waals surface area contributed by atoms with Gasteiger partial charge in [0.25, 0.3) is 0 Å². The molecular weight excluding hydrogens is 326 g/mol. The van der Waals surface area contributed by atoms with Gasteiger partial charge in [-0.3, -0.25) is 4.79 Å². The number of hydrogen-bond acceptors (Lipinski definition) is 5. The topological polar surface area (TPSA) is 45.7 Å². The zero-order valence-electron chi connectivity index (χ0n) is 15.3. The lowest BCUT2D eigenvalue weighted by Crippen LogP contribution is -2.47. The molecule has 26 heavy (non-hydrogen) atoms. The number of ether oxygens (including phenoxy) is 1. The van der Waals surface area contributed by atoms with Crippen molar-refractivity contribution in [2.75, 3.05) is 42.6 Å². The zero-order chi connectivity index (χ0) is 17.9. The fourth-order valence-corrected chi connectivity index (χ4v) is 3.84. The van der Waals surface area contributed by atoms with E-state index in [1.807, 2.05) is 19.1 Å². The number of pyridine rings is 1. The summed E-state index contributed by atoms with van der Waals surface area (Å²) in [5, 5.41) is 0. The van der Waals surface area contributed by atoms with E-state index in [9.17, 15) is 4.79 Å². The Bertz CT molecular complexity index is 783. The predicted octanol–water partition coefficient (Wildman–Crippen LogP) is 3.33. The van der Waals surface area contributed by atoms with Crippen molar-refractivity contribution in [3.63, 3.8) is 0 Å². The third-order valence-corrected chi connectivity index (χ3v) is 5.17. The third-order valence-electron chi connectivity index (χ3n) is 5.17. The number of Topliss-reactive ketones (excluding diaryl/α,β-unsaturated/α-hetero) is 1. The average molecular weight is 351 g/mol. The number of anilines is 2. The highest BCUT2D eigenvalue weighted by Gasteiger charge is 2.26. The predicted molar refractivity (Wildman–Crippen MR) is 104 cm³/mol. The molecule has 136 valence electrons. The van der Waals surface area contributed by atoms with Crippen molar-refractivity contribution in [2.24, 2.45) is 0 Å². The van der Waals surface area contributed by atoms with Crippen LogP contribution < -0.4 is 14.5 Å². The van der Waals surface area contributed by atoms with Gasteiger partial charge in [0.1, 0.15) is 11.6 Å². The summed E-state index contributed by atoms with van der Waals surface area (Å²) < 4.78 is 5.80. The Kier molecular flexibility index (Phi) is 4.78. The van der Waals surface area contributed by atoms with E-state index >= 15 is 0 Å². The van der Waals surface area contributed by atoms with Gasteiger partial charge >= 0.3 is 0 Å². The van der Waals surface area contributed by atoms with Gasteiger partial charge in [-0.2, -0.15) is 0 Å². The molecule has 2 aromatic rings. The Labute approximate surface area is 154 Å². The normalized spacial score (nSPS) is 17.2. The monoisotopic (exact) mass is 351 g/mol. The molecular formula is C21H25N3O2. The van der Waals surface area contributed by atoms with Gasteiger partial charge < -0.3 is 14.5 Å². The summed E-state index contributed by atoms with van der Waals surface area (Å²) in [6, 6.07) is 12.5. The Balaban J connectivity index is 1.55. The molecule has 0 bridgehead atoms. The second-order valence-electron chi connectivity index (χ2n) is 6.82. The minimum Gasteiger partial charge on any atom is -0.493 e. The quantitative estimate of drug-likeness (QED) is 0.845. The maximum absolute atomic E-state index is 12.3. The molecule has 0 atom stereocenters. The molecule has 2 heterocycles. The first-order valence-electron chi connectivity index (χ1n) is 9.51. The standard InChI is InChI=1S/C21H25N3O2/c1-2-26-19-15-20(22-17-9-6-10-18(25)21(17)19)24-13-11-23(12-14-24)16-7-4-3-5-8-16/h3-5,7-8,15H,2,6,9-14H2,1H3. The van der Waals surface area contributed by atoms with Crippen molar-refractivity contribution in [1.29, 1.82) is 0 Å². The van der Waals surface area contributed by atoms with Crippen LogP contribution in [0.25, 0.3) is 0 Å². The Morgan fingerprint density at radius 3 is 2.50 bits per heavy atom. The van der Waals surface area contributed by atoms with Crippen LogP contribution in [0, 0.1) is 0 Å². The molecule has 2 aliphatic rings. The summed E-state index contributed by atoms with van der Waals surface area (Å²) in [7, 11) is 0. The summed E-state index contributed by atoms with van der Waals surface area (Å²) in [6.07, 6.45) is 2.35. The van der Waals surface area contributed by atoms with Crippen molar-refractivity contribution < 1.29 is 9.53 Å². The second kappa shape index (κ2) is 7.36. The fourth-order valence-electron chi connectivity index (χ4n) is 3.84. The van der Waals surface area contributed by atoms with Crippen LogP contribution in [0.2, 0.25) is 0 Å². The van der Waals surface area contributed by atoms with E-state index in [1.165, 1.54) is 5.69 Å². The van der Waals surface area contributed by atoms with Crippen LogP contribution in [0.3, 0.4) is 0 Å². The highest BCUT2D eigenvalue weighted by molar-refractivity contribution is 6.01. The first-order valence-corrected chi connectivity index (χ1v) is 9.51. The molecule has 5 nitrogen and oxygen atoms in total. The van der Waals surface area contributed by atoms with Crippen LogP contribution in [0.4, 0.5) is 11.5 Å². The number of ketones is 1. The number of carbonyl (C=O) groups excluding carboxylic acids is 1. The SMILES string of the molecule is CCOc1cc(N2CCN(c3ccccc3)CC2)nc2c1C(=O)CCC2. The summed E-state index contributed by atoms with van der Waals surface area (Å²) in [6.45, 7) is 6.28. The number of aromatic nitrogens is 1. The Hall–Kier alpha value is -2.56. The van der Waals surface area contributed by atoms with Crippen molar-refractivity contribution in [1.82, 2.24) is 4.98 Å². The maximum atomic E-state index is 12.3. The van der Waals surface area contributed by atoms with E-state index in [4.69, 9.17) is 9.72 Å². The van der Waals surface area contributed by atoms with Gasteiger partial charge in [-0.25, -0.2) is 4.98 Å². The van der Waals surface area contributed by atoms with E-state index in [1.54, 1.807) is 0 Å². The summed E-state index contributed by atoms with van der Waals surface area (Å²) in [5.74, 6) is 1.82. The van der Waals surface area contributed by atoms with Crippen molar-refractivity contribution in [3.05, 3.63) is 47.7 Å². The molecule has 1 aliphatic heterocycles. The van der Waals surface area contributed by atoms with Crippen molar-refractivity contribution in [2.45, 2.75) is 26.2 Å². The molecule has 0 amide bonds. The molecule has 5 heteroatoms. The van der Waals surface area contributed by atoms with E-state index in [2.05, 4.69) is 34.1 Å². The van der Waals surface area contributed by atoms with Gasteiger partial charge in [0, 0.05) is 44.4 Å². The maximum Gasteiger partial charge on any atom is 0.168 e. The van der Waals surface area contributed by atoms with Gasteiger partial charge in [-0.1, -0.05) is 18.2 Å². The van der Waals surface area contributed by atoms with E-state index in [-0.39, 0.29) is 5.78 Å². The van der Waals surface area contributed by atoms with Crippen LogP contribution in [0.1, 0.15) is 35.8 Å². The molecule has 0 N–H and O–H groups in total. The number of piperazine rings is 1. The van der Waals surface area contributed by atoms with Crippen LogP contribution in [0.5, 0.6) is 5.75 Å². The molecule has 1 saturated heterocycles. The first-order chi connectivity index (χ1) is 12.8. The lowest BCUT2D eigenvalue weighted by molar-refractivity contribution is 0.0967. The number of aryl methyl sites for hydroxylation is 1. The number of para-hydroxylation sites is 1. The molecule has 1 aliphatic carbocycles. The lowest BCUT2D eigenvalue weighted by atomic mass is 9.94. The van der Waals surface area contributed by atoms with Gasteiger partial charge in [0.2, 0.25) is 0 Å². The van der Waals surface area contributed by atoms with E-state index in [0.717, 1.165) is 50.5 Å². The Morgan fingerprint density at radius 1 is 1.04 bits per heavy atom. The first kappa shape index (κ1) is 16.9. The Morgan fingerprint density at radius 2 is 1.77 bits per heavy atom. The minimum absolute atomic E-state index is 0.169. The number of carbonyl (C=O) groups is 1. The summed E-state index contributed by atoms with van der Waals surface area (Å²) in [4.78, 5) is 21.9. The summed E-state index contributed by atoms with van der Waals surface area (Å²) >= 11 is 0. The average Bonchev–Trinajstić information content (AvgIpc) is 2.69. The van der Waals surface area contributed by atoms with Gasteiger partial charge in [0.05, 0.1) is 17.9 Å². The highest BCUT2D eigenvalue weighted by atomic mass is 16.5. The molecule has 4 rings (SSSR count). The number of nitrogens with zero attached hydrogens (tertiary/aromatic N) is 3. The molecule has 1 fully saturated rings. The van der Waals surface area contributed by atoms with Crippen LogP contribution in [-0.4, -0.2) is 43.6 Å².